The lowest BCUT2D eigenvalue weighted by Crippen LogP contribution is -2.34. The summed E-state index contributed by atoms with van der Waals surface area (Å²) < 4.78 is 5.74. The van der Waals surface area contributed by atoms with Gasteiger partial charge in [-0.3, -0.25) is 4.79 Å². The molecule has 1 heterocycles. The van der Waals surface area contributed by atoms with Crippen molar-refractivity contribution in [1.29, 1.82) is 0 Å². The molecule has 2 N–H and O–H groups in total. The van der Waals surface area contributed by atoms with Crippen LogP contribution in [0.1, 0.15) is 23.7 Å². The Bertz CT molecular complexity index is 783. The van der Waals surface area contributed by atoms with Gasteiger partial charge in [-0.05, 0) is 54.8 Å². The number of halogens is 3. The van der Waals surface area contributed by atoms with Crippen molar-refractivity contribution in [2.45, 2.75) is 13.3 Å². The van der Waals surface area contributed by atoms with Crippen LogP contribution in [0.5, 0.6) is 11.5 Å². The maximum atomic E-state index is 12.6. The molecule has 0 aliphatic carbocycles. The number of nitrogens with two attached hydrogens (primary N) is 1. The highest BCUT2D eigenvalue weighted by Gasteiger charge is 2.35. The van der Waals surface area contributed by atoms with Gasteiger partial charge in [0.05, 0.1) is 5.02 Å². The first-order valence-electron chi connectivity index (χ1n) is 8.13. The van der Waals surface area contributed by atoms with Crippen molar-refractivity contribution >= 4 is 41.5 Å². The van der Waals surface area contributed by atoms with E-state index in [2.05, 4.69) is 6.92 Å². The molecule has 2 aromatic carbocycles. The van der Waals surface area contributed by atoms with Gasteiger partial charge in [-0.15, -0.1) is 12.4 Å². The third kappa shape index (κ3) is 4.44. The quantitative estimate of drug-likeness (QED) is 0.763. The van der Waals surface area contributed by atoms with Gasteiger partial charge in [-0.2, -0.15) is 0 Å². The summed E-state index contributed by atoms with van der Waals surface area (Å²) in [6, 6.07) is 12.2. The molecule has 0 bridgehead atoms. The highest BCUT2D eigenvalue weighted by molar-refractivity contribution is 6.42. The van der Waals surface area contributed by atoms with E-state index in [1.165, 1.54) is 0 Å². The summed E-state index contributed by atoms with van der Waals surface area (Å²) in [4.78, 5) is 14.5. The Kier molecular flexibility index (Phi) is 6.80. The van der Waals surface area contributed by atoms with Gasteiger partial charge in [-0.1, -0.05) is 36.2 Å². The van der Waals surface area contributed by atoms with Crippen LogP contribution in [-0.2, 0) is 0 Å². The van der Waals surface area contributed by atoms with Gasteiger partial charge >= 0.3 is 0 Å². The van der Waals surface area contributed by atoms with Crippen LogP contribution in [0.2, 0.25) is 10.0 Å². The minimum atomic E-state index is 0. The predicted molar refractivity (Wildman–Crippen MR) is 108 cm³/mol. The van der Waals surface area contributed by atoms with Crippen LogP contribution in [0.15, 0.2) is 42.5 Å². The fourth-order valence-corrected chi connectivity index (χ4v) is 3.23. The maximum absolute atomic E-state index is 12.6. The largest absolute Gasteiger partial charge is 0.456 e. The molecular formula is C19H21Cl3N2O2. The lowest BCUT2D eigenvalue weighted by molar-refractivity contribution is 0.0777. The van der Waals surface area contributed by atoms with Crippen LogP contribution < -0.4 is 10.5 Å². The van der Waals surface area contributed by atoms with Crippen molar-refractivity contribution in [3.8, 4) is 11.5 Å². The van der Waals surface area contributed by atoms with E-state index in [0.717, 1.165) is 13.0 Å². The van der Waals surface area contributed by atoms with Crippen molar-refractivity contribution in [2.24, 2.45) is 11.1 Å². The monoisotopic (exact) mass is 414 g/mol. The van der Waals surface area contributed by atoms with Crippen molar-refractivity contribution < 1.29 is 9.53 Å². The van der Waals surface area contributed by atoms with Crippen molar-refractivity contribution in [3.63, 3.8) is 0 Å². The second-order valence-corrected chi connectivity index (χ2v) is 7.46. The molecule has 26 heavy (non-hydrogen) atoms. The molecule has 0 aromatic heterocycles. The van der Waals surface area contributed by atoms with E-state index in [-0.39, 0.29) is 23.7 Å². The summed E-state index contributed by atoms with van der Waals surface area (Å²) in [5.41, 5.74) is 6.46. The summed E-state index contributed by atoms with van der Waals surface area (Å²) >= 11 is 12.1. The lowest BCUT2D eigenvalue weighted by Gasteiger charge is -2.22. The van der Waals surface area contributed by atoms with Gasteiger partial charge in [0.15, 0.2) is 0 Å². The second-order valence-electron chi connectivity index (χ2n) is 6.67. The molecule has 1 amide bonds. The zero-order valence-corrected chi connectivity index (χ0v) is 16.7. The average molecular weight is 416 g/mol. The third-order valence-corrected chi connectivity index (χ3v) is 5.38. The number of hydrogen-bond donors (Lipinski definition) is 1. The van der Waals surface area contributed by atoms with E-state index in [1.54, 1.807) is 42.5 Å². The molecule has 1 saturated heterocycles. The van der Waals surface area contributed by atoms with E-state index in [1.807, 2.05) is 4.90 Å². The Morgan fingerprint density at radius 3 is 2.54 bits per heavy atom. The minimum absolute atomic E-state index is 0. The van der Waals surface area contributed by atoms with Crippen LogP contribution in [0.4, 0.5) is 0 Å². The number of nitrogens with zero attached hydrogens (tertiary/aromatic N) is 1. The number of carbonyl (C=O) groups excluding carboxylic acids is 1. The third-order valence-electron chi connectivity index (χ3n) is 4.58. The van der Waals surface area contributed by atoms with Crippen molar-refractivity contribution in [1.82, 2.24) is 4.90 Å². The molecule has 140 valence electrons. The molecule has 1 aliphatic rings. The molecule has 2 aromatic rings. The van der Waals surface area contributed by atoms with Crippen LogP contribution in [-0.4, -0.2) is 30.4 Å². The highest BCUT2D eigenvalue weighted by atomic mass is 35.5. The first kappa shape index (κ1) is 20.8. The van der Waals surface area contributed by atoms with Crippen molar-refractivity contribution in [3.05, 3.63) is 58.1 Å². The van der Waals surface area contributed by atoms with Crippen LogP contribution in [0.3, 0.4) is 0 Å². The standard InChI is InChI=1S/C19H20Cl2N2O2.ClH/c1-19(11-22)9-10-23(12-19)18(24)13-5-7-14(8-6-13)25-16-4-2-3-15(20)17(16)21;/h2-8H,9-12,22H2,1H3;1H. The minimum Gasteiger partial charge on any atom is -0.456 e. The lowest BCUT2D eigenvalue weighted by atomic mass is 9.90. The number of carbonyl (C=O) groups is 1. The summed E-state index contributed by atoms with van der Waals surface area (Å²) in [5.74, 6) is 1.09. The summed E-state index contributed by atoms with van der Waals surface area (Å²) in [7, 11) is 0. The SMILES string of the molecule is CC1(CN)CCN(C(=O)c2ccc(Oc3cccc(Cl)c3Cl)cc2)C1.Cl. The Labute approximate surface area is 169 Å². The van der Waals surface area contributed by atoms with E-state index >= 15 is 0 Å². The summed E-state index contributed by atoms with van der Waals surface area (Å²) in [5, 5.41) is 0.797. The van der Waals surface area contributed by atoms with Gasteiger partial charge in [-0.25, -0.2) is 0 Å². The Balaban J connectivity index is 0.00000243. The van der Waals surface area contributed by atoms with Crippen molar-refractivity contribution in [2.75, 3.05) is 19.6 Å². The first-order valence-corrected chi connectivity index (χ1v) is 8.89. The Hall–Kier alpha value is -1.46. The molecular weight excluding hydrogens is 395 g/mol. The molecule has 0 spiro atoms. The summed E-state index contributed by atoms with van der Waals surface area (Å²) in [6.45, 7) is 4.14. The van der Waals surface area contributed by atoms with E-state index < -0.39 is 0 Å². The zero-order valence-electron chi connectivity index (χ0n) is 14.4. The van der Waals surface area contributed by atoms with Gasteiger partial charge in [0, 0.05) is 18.7 Å². The molecule has 0 saturated carbocycles. The maximum Gasteiger partial charge on any atom is 0.253 e. The number of likely N-dealkylation sites (tertiary alicyclic amines) is 1. The van der Waals surface area contributed by atoms with Gasteiger partial charge in [0.2, 0.25) is 0 Å². The Morgan fingerprint density at radius 2 is 1.92 bits per heavy atom. The molecule has 7 heteroatoms. The van der Waals surface area contributed by atoms with Gasteiger partial charge in [0.25, 0.3) is 5.91 Å². The topological polar surface area (TPSA) is 55.6 Å². The smallest absolute Gasteiger partial charge is 0.253 e. The number of hydrogen-bond acceptors (Lipinski definition) is 3. The van der Waals surface area contributed by atoms with Gasteiger partial charge < -0.3 is 15.4 Å². The van der Waals surface area contributed by atoms with Gasteiger partial charge in [0.1, 0.15) is 16.5 Å². The fourth-order valence-electron chi connectivity index (χ4n) is 2.90. The average Bonchev–Trinajstić information content (AvgIpc) is 3.02. The predicted octanol–water partition coefficient (Wildman–Crippen LogP) is 5.02. The second kappa shape index (κ2) is 8.49. The molecule has 1 fully saturated rings. The fraction of sp³-hybridized carbons (Fsp3) is 0.316. The number of benzene rings is 2. The molecule has 1 atom stereocenters. The molecule has 1 aliphatic heterocycles. The Morgan fingerprint density at radius 1 is 1.23 bits per heavy atom. The molecule has 3 rings (SSSR count). The van der Waals surface area contributed by atoms with E-state index in [4.69, 9.17) is 33.7 Å². The molecule has 0 radical (unpaired) electrons. The zero-order chi connectivity index (χ0) is 18.0. The first-order chi connectivity index (χ1) is 11.9. The summed E-state index contributed by atoms with van der Waals surface area (Å²) in [6.07, 6.45) is 0.934. The number of ether oxygens (including phenoxy) is 1. The highest BCUT2D eigenvalue weighted by Crippen LogP contribution is 2.35. The van der Waals surface area contributed by atoms with Crippen LogP contribution >= 0.6 is 35.6 Å². The number of amides is 1. The van der Waals surface area contributed by atoms with Crippen LogP contribution in [0.25, 0.3) is 0 Å². The normalized spacial score (nSPS) is 19.2. The molecule has 1 unspecified atom stereocenters. The van der Waals surface area contributed by atoms with Crippen LogP contribution in [0, 0.1) is 5.41 Å². The van der Waals surface area contributed by atoms with E-state index in [9.17, 15) is 4.79 Å². The molecule has 4 nitrogen and oxygen atoms in total. The van der Waals surface area contributed by atoms with E-state index in [0.29, 0.717) is 40.2 Å². The number of rotatable bonds is 4.